The van der Waals surface area contributed by atoms with Crippen molar-refractivity contribution in [3.63, 3.8) is 0 Å². The highest BCUT2D eigenvalue weighted by Crippen LogP contribution is 2.46. The third kappa shape index (κ3) is 5.89. The van der Waals surface area contributed by atoms with Crippen LogP contribution in [0.5, 0.6) is 0 Å². The zero-order valence-electron chi connectivity index (χ0n) is 33.5. The summed E-state index contributed by atoms with van der Waals surface area (Å²) in [6.07, 6.45) is 0. The van der Waals surface area contributed by atoms with Crippen LogP contribution in [0.15, 0.2) is 218 Å². The van der Waals surface area contributed by atoms with Crippen molar-refractivity contribution in [1.29, 1.82) is 0 Å². The minimum atomic E-state index is -2.98. The molecule has 0 aromatic heterocycles. The Morgan fingerprint density at radius 2 is 0.885 bits per heavy atom. The van der Waals surface area contributed by atoms with Crippen LogP contribution < -0.4 is 46.9 Å². The largest absolute Gasteiger partial charge is 0.311 e. The Labute approximate surface area is 356 Å². The summed E-state index contributed by atoms with van der Waals surface area (Å²) in [7, 11) is -2.98. The number of rotatable bonds is 7. The third-order valence-electron chi connectivity index (χ3n) is 12.5. The van der Waals surface area contributed by atoms with E-state index in [1.165, 1.54) is 38.9 Å². The number of aryl methyl sites for hydroxylation is 1. The van der Waals surface area contributed by atoms with E-state index >= 15 is 4.39 Å². The van der Waals surface area contributed by atoms with E-state index in [4.69, 9.17) is 0 Å². The lowest BCUT2D eigenvalue weighted by atomic mass is 9.33. The molecule has 9 aromatic carbocycles. The Bertz CT molecular complexity index is 2980. The molecule has 0 spiro atoms. The van der Waals surface area contributed by atoms with Gasteiger partial charge in [-0.3, -0.25) is 0 Å². The Morgan fingerprint density at radius 3 is 1.51 bits per heavy atom. The van der Waals surface area contributed by atoms with Gasteiger partial charge >= 0.3 is 0 Å². The van der Waals surface area contributed by atoms with Crippen LogP contribution in [-0.2, 0) is 0 Å². The Hall–Kier alpha value is -7.28. The molecule has 0 fully saturated rings. The van der Waals surface area contributed by atoms with Crippen LogP contribution in [0.25, 0.3) is 11.1 Å². The molecule has 0 saturated heterocycles. The van der Waals surface area contributed by atoms with Gasteiger partial charge in [0.15, 0.2) is 8.07 Å². The molecule has 0 radical (unpaired) electrons. The minimum absolute atomic E-state index is 0.300. The van der Waals surface area contributed by atoms with E-state index in [-0.39, 0.29) is 18.3 Å². The van der Waals surface area contributed by atoms with Gasteiger partial charge < -0.3 is 9.80 Å². The summed E-state index contributed by atoms with van der Waals surface area (Å²) in [4.78, 5) is 4.61. The first-order valence-electron chi connectivity index (χ1n) is 20.8. The van der Waals surface area contributed by atoms with E-state index in [1.807, 2.05) is 24.3 Å². The van der Waals surface area contributed by atoms with Gasteiger partial charge in [0.2, 0.25) is 0 Å². The van der Waals surface area contributed by atoms with Crippen LogP contribution >= 0.6 is 0 Å². The molecular formula is C55H39BF2N2Si. The molecule has 61 heavy (non-hydrogen) atoms. The SMILES string of the molecule is Cc1cc2c3c(c1)N(c1ccccc1-c1ccccc1)c1ccc([Si](c4ccccc4)(c4ccccc4)c4ccccc4)cc1B3c1cc(F)ccc1N2c1ccc(F)cc1. The normalized spacial score (nSPS) is 12.7. The molecule has 0 amide bonds. The number of hydrogen-bond donors (Lipinski definition) is 0. The zero-order chi connectivity index (χ0) is 41.1. The van der Waals surface area contributed by atoms with Crippen molar-refractivity contribution in [2.45, 2.75) is 6.92 Å². The van der Waals surface area contributed by atoms with Crippen molar-refractivity contribution in [3.8, 4) is 11.1 Å². The molecule has 2 heterocycles. The molecule has 2 aliphatic rings. The van der Waals surface area contributed by atoms with E-state index in [0.29, 0.717) is 0 Å². The van der Waals surface area contributed by atoms with E-state index in [0.717, 1.165) is 67.2 Å². The van der Waals surface area contributed by atoms with Crippen molar-refractivity contribution in [2.75, 3.05) is 9.80 Å². The van der Waals surface area contributed by atoms with Crippen molar-refractivity contribution < 1.29 is 8.78 Å². The fourth-order valence-corrected chi connectivity index (χ4v) is 14.9. The fraction of sp³-hybridized carbons (Fsp3) is 0.0182. The molecule has 2 nitrogen and oxygen atoms in total. The van der Waals surface area contributed by atoms with Gasteiger partial charge in [0, 0.05) is 34.0 Å². The number of fused-ring (bicyclic) bond motifs is 4. The Kier molecular flexibility index (Phi) is 8.90. The topological polar surface area (TPSA) is 6.48 Å². The van der Waals surface area contributed by atoms with Crippen molar-refractivity contribution in [1.82, 2.24) is 0 Å². The molecule has 2 aliphatic heterocycles. The van der Waals surface area contributed by atoms with Crippen molar-refractivity contribution >= 4 is 86.0 Å². The summed E-state index contributed by atoms with van der Waals surface area (Å²) >= 11 is 0. The lowest BCUT2D eigenvalue weighted by Crippen LogP contribution is -2.75. The maximum atomic E-state index is 16.0. The Morgan fingerprint density at radius 1 is 0.393 bits per heavy atom. The maximum absolute atomic E-state index is 16.0. The zero-order valence-corrected chi connectivity index (χ0v) is 34.5. The molecule has 0 aliphatic carbocycles. The van der Waals surface area contributed by atoms with Gasteiger partial charge in [-0.25, -0.2) is 8.78 Å². The molecule has 0 saturated carbocycles. The van der Waals surface area contributed by atoms with Crippen LogP contribution in [0.3, 0.4) is 0 Å². The molecule has 0 N–H and O–H groups in total. The number of para-hydroxylation sites is 1. The minimum Gasteiger partial charge on any atom is -0.311 e. The van der Waals surface area contributed by atoms with E-state index in [2.05, 4.69) is 187 Å². The average Bonchev–Trinajstić information content (AvgIpc) is 3.31. The molecule has 0 atom stereocenters. The van der Waals surface area contributed by atoms with Crippen LogP contribution in [-0.4, -0.2) is 14.8 Å². The highest BCUT2D eigenvalue weighted by atomic mass is 28.3. The summed E-state index contributed by atoms with van der Waals surface area (Å²) in [5, 5.41) is 5.08. The number of benzene rings is 9. The molecule has 0 bridgehead atoms. The second-order valence-electron chi connectivity index (χ2n) is 16.0. The number of halogens is 2. The van der Waals surface area contributed by atoms with Gasteiger partial charge in [-0.1, -0.05) is 152 Å². The first-order valence-corrected chi connectivity index (χ1v) is 22.8. The first-order chi connectivity index (χ1) is 30.0. The lowest BCUT2D eigenvalue weighted by molar-refractivity contribution is 0.628. The van der Waals surface area contributed by atoms with Crippen molar-refractivity contribution in [2.24, 2.45) is 0 Å². The van der Waals surface area contributed by atoms with Crippen LogP contribution in [0.1, 0.15) is 5.56 Å². The summed E-state index contributed by atoms with van der Waals surface area (Å²) < 4.78 is 30.5. The van der Waals surface area contributed by atoms with Gasteiger partial charge in [0.25, 0.3) is 6.71 Å². The average molecular weight is 805 g/mol. The predicted molar refractivity (Wildman–Crippen MR) is 254 cm³/mol. The van der Waals surface area contributed by atoms with E-state index < -0.39 is 8.07 Å². The molecule has 9 aromatic rings. The van der Waals surface area contributed by atoms with Gasteiger partial charge in [-0.05, 0) is 122 Å². The molecular weight excluding hydrogens is 766 g/mol. The number of anilines is 6. The van der Waals surface area contributed by atoms with Crippen LogP contribution in [0.4, 0.5) is 42.9 Å². The highest BCUT2D eigenvalue weighted by molar-refractivity contribution is 7.20. The van der Waals surface area contributed by atoms with Crippen LogP contribution in [0.2, 0.25) is 0 Å². The second kappa shape index (κ2) is 14.8. The van der Waals surface area contributed by atoms with Gasteiger partial charge in [-0.2, -0.15) is 0 Å². The van der Waals surface area contributed by atoms with Crippen molar-refractivity contribution in [3.05, 3.63) is 236 Å². The van der Waals surface area contributed by atoms with E-state index in [1.54, 1.807) is 6.07 Å². The highest BCUT2D eigenvalue weighted by Gasteiger charge is 2.47. The summed E-state index contributed by atoms with van der Waals surface area (Å²) in [6, 6.07) is 75.5. The predicted octanol–water partition coefficient (Wildman–Crippen LogP) is 9.40. The number of nitrogens with zero attached hydrogens (tertiary/aromatic N) is 2. The van der Waals surface area contributed by atoms with Crippen LogP contribution in [0, 0.1) is 18.6 Å². The van der Waals surface area contributed by atoms with Gasteiger partial charge in [0.05, 0.1) is 5.69 Å². The first kappa shape index (κ1) is 36.8. The summed E-state index contributed by atoms with van der Waals surface area (Å²) in [6.45, 7) is 1.81. The Balaban J connectivity index is 1.27. The van der Waals surface area contributed by atoms with Gasteiger partial charge in [0.1, 0.15) is 11.6 Å². The molecule has 290 valence electrons. The second-order valence-corrected chi connectivity index (χ2v) is 19.8. The quantitative estimate of drug-likeness (QED) is 0.117. The standard InChI is InChI=1S/C55H39BF2N2Si/c1-38-34-53-55-54(35-38)60(50-25-15-14-24-47(50)39-16-6-2-7-17-39)52-33-31-46(61(43-18-8-3-9-19-43,44-20-10-4-11-21-44)45-22-12-5-13-23-45)37-49(52)56(55)48-36-41(58)28-32-51(48)59(53)42-29-26-40(57)27-30-42/h2-37H,1H3. The molecule has 0 unspecified atom stereocenters. The van der Waals surface area contributed by atoms with E-state index in [9.17, 15) is 4.39 Å². The smallest absolute Gasteiger partial charge is 0.252 e. The fourth-order valence-electron chi connectivity index (χ4n) is 10.1. The monoisotopic (exact) mass is 804 g/mol. The molecule has 11 rings (SSSR count). The summed E-state index contributed by atoms with van der Waals surface area (Å²) in [5.74, 6) is -0.608. The third-order valence-corrected chi connectivity index (χ3v) is 17.3. The maximum Gasteiger partial charge on any atom is 0.252 e. The summed E-state index contributed by atoms with van der Waals surface area (Å²) in [5.41, 5.74) is 12.1. The lowest BCUT2D eigenvalue weighted by Gasteiger charge is -2.45. The molecule has 6 heteroatoms. The van der Waals surface area contributed by atoms with Gasteiger partial charge in [-0.15, -0.1) is 0 Å². The number of hydrogen-bond acceptors (Lipinski definition) is 2.